The number of halogens is 1. The van der Waals surface area contributed by atoms with Crippen LogP contribution in [0.25, 0.3) is 33.6 Å². The van der Waals surface area contributed by atoms with Crippen LogP contribution in [-0.2, 0) is 15.5 Å². The highest BCUT2D eigenvalue weighted by molar-refractivity contribution is 7.86. The summed E-state index contributed by atoms with van der Waals surface area (Å²) in [5.41, 5.74) is 3.78. The molecule has 0 atom stereocenters. The third kappa shape index (κ3) is 3.19. The van der Waals surface area contributed by atoms with Crippen molar-refractivity contribution in [3.63, 3.8) is 0 Å². The smallest absolute Gasteiger partial charge is 0.232 e. The summed E-state index contributed by atoms with van der Waals surface area (Å²) in [7, 11) is -0.800. The normalized spacial score (nSPS) is 23.4. The molecular weight excluding hydrogens is 457 g/mol. The van der Waals surface area contributed by atoms with Gasteiger partial charge in [-0.1, -0.05) is 0 Å². The minimum absolute atomic E-state index is 0.0805. The highest BCUT2D eigenvalue weighted by Gasteiger charge is 2.47. The Morgan fingerprint density at radius 1 is 1.12 bits per heavy atom. The van der Waals surface area contributed by atoms with Gasteiger partial charge in [0.05, 0.1) is 23.7 Å². The molecule has 3 aliphatic heterocycles. The lowest BCUT2D eigenvalue weighted by Crippen LogP contribution is -2.56. The molecule has 0 saturated carbocycles. The number of benzene rings is 1. The minimum atomic E-state index is -0.800. The van der Waals surface area contributed by atoms with Gasteiger partial charge in [0.25, 0.3) is 0 Å². The standard InChI is InChI=1S/C24H22FN5O3S/c25-16-3-1-15(2-4-16)21-19(8-30(28-21)17-9-34(31)10-17)22-18-7-20(33-23(18)27-14-26-22)29-11-24(12-29)5-6-32-13-24/h1-4,7-8,14,17H,5-6,9-13H2. The van der Waals surface area contributed by atoms with Crippen LogP contribution in [0.1, 0.15) is 12.5 Å². The van der Waals surface area contributed by atoms with E-state index in [4.69, 9.17) is 14.3 Å². The van der Waals surface area contributed by atoms with Crippen LogP contribution in [0, 0.1) is 11.2 Å². The Morgan fingerprint density at radius 3 is 2.68 bits per heavy atom. The average molecular weight is 480 g/mol. The molecule has 3 fully saturated rings. The molecule has 1 aromatic carbocycles. The lowest BCUT2D eigenvalue weighted by Gasteiger charge is -2.46. The van der Waals surface area contributed by atoms with E-state index >= 15 is 0 Å². The van der Waals surface area contributed by atoms with Gasteiger partial charge in [-0.15, -0.1) is 0 Å². The van der Waals surface area contributed by atoms with Crippen LogP contribution in [0.3, 0.4) is 0 Å². The highest BCUT2D eigenvalue weighted by atomic mass is 32.2. The molecule has 3 aromatic heterocycles. The van der Waals surface area contributed by atoms with E-state index < -0.39 is 10.8 Å². The topological polar surface area (TPSA) is 86.3 Å². The first-order chi connectivity index (χ1) is 16.6. The lowest BCUT2D eigenvalue weighted by atomic mass is 9.79. The molecule has 1 spiro atoms. The second-order valence-electron chi connectivity index (χ2n) is 9.49. The summed E-state index contributed by atoms with van der Waals surface area (Å²) in [4.78, 5) is 11.2. The maximum absolute atomic E-state index is 13.6. The molecule has 8 nitrogen and oxygen atoms in total. The van der Waals surface area contributed by atoms with Crippen molar-refractivity contribution in [2.75, 3.05) is 42.7 Å². The van der Waals surface area contributed by atoms with Crippen molar-refractivity contribution in [1.82, 2.24) is 19.7 Å². The number of nitrogens with zero attached hydrogens (tertiary/aromatic N) is 5. The predicted molar refractivity (Wildman–Crippen MR) is 125 cm³/mol. The van der Waals surface area contributed by atoms with Gasteiger partial charge in [0.15, 0.2) is 5.88 Å². The zero-order chi connectivity index (χ0) is 22.9. The van der Waals surface area contributed by atoms with Crippen molar-refractivity contribution in [2.24, 2.45) is 5.41 Å². The summed E-state index contributed by atoms with van der Waals surface area (Å²) < 4.78 is 38.9. The quantitative estimate of drug-likeness (QED) is 0.443. The molecule has 174 valence electrons. The molecule has 3 aliphatic rings. The van der Waals surface area contributed by atoms with Crippen molar-refractivity contribution in [2.45, 2.75) is 12.5 Å². The van der Waals surface area contributed by atoms with E-state index in [1.807, 2.05) is 16.9 Å². The van der Waals surface area contributed by atoms with Gasteiger partial charge in [0.2, 0.25) is 5.71 Å². The van der Waals surface area contributed by atoms with Crippen LogP contribution in [0.2, 0.25) is 0 Å². The SMILES string of the molecule is O=S1CC(n2cc(-c3ncnc4oc(N5CC6(CCOC6)C5)cc34)c(-c3ccc(F)cc3)n2)C1. The zero-order valence-electron chi connectivity index (χ0n) is 18.3. The van der Waals surface area contributed by atoms with Crippen LogP contribution < -0.4 is 4.90 Å². The second-order valence-corrected chi connectivity index (χ2v) is 11.0. The first kappa shape index (κ1) is 20.3. The number of furan rings is 1. The van der Waals surface area contributed by atoms with E-state index in [0.29, 0.717) is 28.6 Å². The summed E-state index contributed by atoms with van der Waals surface area (Å²) in [6, 6.07) is 8.36. The fourth-order valence-corrected chi connectivity index (χ4v) is 6.20. The summed E-state index contributed by atoms with van der Waals surface area (Å²) in [5.74, 6) is 1.64. The van der Waals surface area contributed by atoms with Crippen molar-refractivity contribution < 1.29 is 17.8 Å². The number of ether oxygens (including phenoxy) is 1. The molecule has 6 heterocycles. The second kappa shape index (κ2) is 7.44. The van der Waals surface area contributed by atoms with Crippen molar-refractivity contribution in [3.05, 3.63) is 48.7 Å². The van der Waals surface area contributed by atoms with Crippen LogP contribution in [-0.4, -0.2) is 61.8 Å². The summed E-state index contributed by atoms with van der Waals surface area (Å²) in [5, 5.41) is 5.62. The van der Waals surface area contributed by atoms with Crippen LogP contribution in [0.15, 0.2) is 47.3 Å². The fraction of sp³-hybridized carbons (Fsp3) is 0.375. The van der Waals surface area contributed by atoms with Gasteiger partial charge in [0.1, 0.15) is 17.8 Å². The van der Waals surface area contributed by atoms with E-state index in [1.165, 1.54) is 18.5 Å². The highest BCUT2D eigenvalue weighted by Crippen LogP contribution is 2.43. The van der Waals surface area contributed by atoms with Gasteiger partial charge < -0.3 is 14.1 Å². The number of rotatable bonds is 4. The number of fused-ring (bicyclic) bond motifs is 1. The Hall–Kier alpha value is -3.11. The summed E-state index contributed by atoms with van der Waals surface area (Å²) >= 11 is 0. The van der Waals surface area contributed by atoms with Crippen molar-refractivity contribution in [1.29, 1.82) is 0 Å². The number of aromatic nitrogens is 4. The van der Waals surface area contributed by atoms with E-state index in [0.717, 1.165) is 55.1 Å². The molecule has 0 N–H and O–H groups in total. The largest absolute Gasteiger partial charge is 0.422 e. The van der Waals surface area contributed by atoms with E-state index in [-0.39, 0.29) is 17.3 Å². The minimum Gasteiger partial charge on any atom is -0.422 e. The molecule has 7 rings (SSSR count). The number of hydrogen-bond acceptors (Lipinski definition) is 7. The molecule has 4 aromatic rings. The van der Waals surface area contributed by atoms with Gasteiger partial charge in [-0.05, 0) is 30.7 Å². The lowest BCUT2D eigenvalue weighted by molar-refractivity contribution is 0.129. The Kier molecular flexibility index (Phi) is 4.44. The van der Waals surface area contributed by atoms with Gasteiger partial charge in [-0.2, -0.15) is 5.10 Å². The monoisotopic (exact) mass is 479 g/mol. The van der Waals surface area contributed by atoms with Gasteiger partial charge in [-0.3, -0.25) is 8.89 Å². The van der Waals surface area contributed by atoms with E-state index in [2.05, 4.69) is 14.9 Å². The van der Waals surface area contributed by atoms with Gasteiger partial charge >= 0.3 is 0 Å². The van der Waals surface area contributed by atoms with E-state index in [9.17, 15) is 8.60 Å². The van der Waals surface area contributed by atoms with Crippen LogP contribution in [0.4, 0.5) is 10.3 Å². The maximum Gasteiger partial charge on any atom is 0.232 e. The summed E-state index contributed by atoms with van der Waals surface area (Å²) in [6.45, 7) is 3.45. The van der Waals surface area contributed by atoms with Crippen molar-refractivity contribution in [3.8, 4) is 22.5 Å². The first-order valence-electron chi connectivity index (χ1n) is 11.3. The molecule has 0 amide bonds. The first-order valence-corrected chi connectivity index (χ1v) is 12.8. The maximum atomic E-state index is 13.6. The fourth-order valence-electron chi connectivity index (χ4n) is 5.14. The van der Waals surface area contributed by atoms with Gasteiger partial charge in [-0.25, -0.2) is 14.4 Å². The molecule has 3 saturated heterocycles. The molecule has 0 bridgehead atoms. The molecule has 10 heteroatoms. The Labute approximate surface area is 197 Å². The number of anilines is 1. The third-order valence-corrected chi connectivity index (χ3v) is 8.61. The van der Waals surface area contributed by atoms with Crippen LogP contribution >= 0.6 is 0 Å². The van der Waals surface area contributed by atoms with Gasteiger partial charge in [0, 0.05) is 70.8 Å². The third-order valence-electron chi connectivity index (χ3n) is 7.10. The Morgan fingerprint density at radius 2 is 1.94 bits per heavy atom. The summed E-state index contributed by atoms with van der Waals surface area (Å²) in [6.07, 6.45) is 4.53. The molecular formula is C24H22FN5O3S. The predicted octanol–water partition coefficient (Wildman–Crippen LogP) is 3.42. The van der Waals surface area contributed by atoms with E-state index in [1.54, 1.807) is 12.1 Å². The zero-order valence-corrected chi connectivity index (χ0v) is 19.1. The molecule has 0 radical (unpaired) electrons. The molecule has 34 heavy (non-hydrogen) atoms. The average Bonchev–Trinajstić information content (AvgIpc) is 3.53. The Bertz CT molecular complexity index is 1410. The molecule has 0 aliphatic carbocycles. The molecule has 0 unspecified atom stereocenters. The van der Waals surface area contributed by atoms with Crippen molar-refractivity contribution >= 4 is 27.8 Å². The Balaban J connectivity index is 1.30. The number of hydrogen-bond donors (Lipinski definition) is 0. The van der Waals surface area contributed by atoms with Crippen LogP contribution in [0.5, 0.6) is 0 Å².